The van der Waals surface area contributed by atoms with Gasteiger partial charge in [-0.1, -0.05) is 11.3 Å². The van der Waals surface area contributed by atoms with Gasteiger partial charge in [0.2, 0.25) is 0 Å². The van der Waals surface area contributed by atoms with Crippen LogP contribution in [-0.2, 0) is 0 Å². The van der Waals surface area contributed by atoms with E-state index in [1.54, 1.807) is 11.1 Å². The number of fused-ring (bicyclic) bond motifs is 2. The number of ether oxygens (including phenoxy) is 1. The highest BCUT2D eigenvalue weighted by atomic mass is 32.1. The Morgan fingerprint density at radius 1 is 1.17 bits per heavy atom. The Kier molecular flexibility index (Phi) is 4.75. The highest BCUT2D eigenvalue weighted by Gasteiger charge is 2.22. The second-order valence-electron chi connectivity index (χ2n) is 7.02. The fourth-order valence-electron chi connectivity index (χ4n) is 3.52. The van der Waals surface area contributed by atoms with E-state index in [-0.39, 0.29) is 12.1 Å². The van der Waals surface area contributed by atoms with E-state index in [1.165, 1.54) is 17.7 Å². The predicted octanol–water partition coefficient (Wildman–Crippen LogP) is 3.30. The molecule has 5 rings (SSSR count). The third kappa shape index (κ3) is 3.69. The molecule has 3 N–H and O–H groups in total. The van der Waals surface area contributed by atoms with Gasteiger partial charge in [-0.2, -0.15) is 0 Å². The molecule has 0 bridgehead atoms. The van der Waals surface area contributed by atoms with E-state index < -0.39 is 0 Å². The van der Waals surface area contributed by atoms with Crippen LogP contribution in [-0.4, -0.2) is 50.1 Å². The summed E-state index contributed by atoms with van der Waals surface area (Å²) in [5.74, 6) is 1.40. The number of aromatic nitrogens is 4. The smallest absolute Gasteiger partial charge is 0.314 e. The average Bonchev–Trinajstić information content (AvgIpc) is 3.17. The van der Waals surface area contributed by atoms with Crippen molar-refractivity contribution in [1.82, 2.24) is 24.8 Å². The van der Waals surface area contributed by atoms with Gasteiger partial charge >= 0.3 is 6.03 Å². The first kappa shape index (κ1) is 18.5. The number of primary amides is 1. The molecule has 4 heterocycles. The van der Waals surface area contributed by atoms with E-state index in [1.807, 2.05) is 30.3 Å². The molecule has 0 unspecified atom stereocenters. The standard InChI is InChI=1S/C20H19N7O2S/c21-19(28)27-8-5-12(6-9-27)29-13-3-4-15-14(10-13)17(24-11-23-15)26-20-25-16-2-1-7-22-18(16)30-20/h1-4,7,10-12H,5-6,8-9H2,(H2,21,28)(H,23,24,25,26). The summed E-state index contributed by atoms with van der Waals surface area (Å²) in [6.07, 6.45) is 4.80. The number of piperidine rings is 1. The van der Waals surface area contributed by atoms with E-state index in [2.05, 4.69) is 25.3 Å². The molecular formula is C20H19N7O2S. The lowest BCUT2D eigenvalue weighted by molar-refractivity contribution is 0.114. The van der Waals surface area contributed by atoms with Gasteiger partial charge in [0.1, 0.15) is 34.3 Å². The summed E-state index contributed by atoms with van der Waals surface area (Å²) < 4.78 is 6.16. The number of hydrogen-bond acceptors (Lipinski definition) is 8. The van der Waals surface area contributed by atoms with Crippen LogP contribution < -0.4 is 15.8 Å². The van der Waals surface area contributed by atoms with Crippen LogP contribution in [0.4, 0.5) is 15.7 Å². The van der Waals surface area contributed by atoms with Crippen LogP contribution in [0.2, 0.25) is 0 Å². The lowest BCUT2D eigenvalue weighted by Crippen LogP contribution is -2.44. The van der Waals surface area contributed by atoms with E-state index in [9.17, 15) is 4.79 Å². The van der Waals surface area contributed by atoms with Crippen molar-refractivity contribution < 1.29 is 9.53 Å². The first-order chi connectivity index (χ1) is 14.7. The SMILES string of the molecule is NC(=O)N1CCC(Oc2ccc3ncnc(Nc4nc5cccnc5s4)c3c2)CC1. The molecule has 9 nitrogen and oxygen atoms in total. The van der Waals surface area contributed by atoms with Gasteiger partial charge in [-0.05, 0) is 30.3 Å². The zero-order valence-electron chi connectivity index (χ0n) is 16.0. The summed E-state index contributed by atoms with van der Waals surface area (Å²) in [5.41, 5.74) is 7.00. The number of pyridine rings is 1. The van der Waals surface area contributed by atoms with Crippen LogP contribution in [0.5, 0.6) is 5.75 Å². The molecule has 1 aromatic carbocycles. The maximum Gasteiger partial charge on any atom is 0.314 e. The minimum absolute atomic E-state index is 0.0365. The molecule has 152 valence electrons. The molecule has 2 amide bonds. The van der Waals surface area contributed by atoms with Crippen LogP contribution in [0.1, 0.15) is 12.8 Å². The molecule has 0 aliphatic carbocycles. The van der Waals surface area contributed by atoms with E-state index in [0.717, 1.165) is 39.8 Å². The molecule has 1 fully saturated rings. The number of rotatable bonds is 4. The molecule has 10 heteroatoms. The van der Waals surface area contributed by atoms with Gasteiger partial charge < -0.3 is 20.7 Å². The molecule has 0 atom stereocenters. The van der Waals surface area contributed by atoms with Gasteiger partial charge in [0.15, 0.2) is 5.13 Å². The summed E-state index contributed by atoms with van der Waals surface area (Å²) in [6, 6.07) is 9.17. The Bertz CT molecular complexity index is 1190. The summed E-state index contributed by atoms with van der Waals surface area (Å²) in [7, 11) is 0. The summed E-state index contributed by atoms with van der Waals surface area (Å²) >= 11 is 1.47. The van der Waals surface area contributed by atoms with Gasteiger partial charge in [0.05, 0.1) is 5.52 Å². The monoisotopic (exact) mass is 421 g/mol. The Morgan fingerprint density at radius 2 is 2.03 bits per heavy atom. The van der Waals surface area contributed by atoms with Crippen LogP contribution in [0.3, 0.4) is 0 Å². The largest absolute Gasteiger partial charge is 0.490 e. The van der Waals surface area contributed by atoms with Crippen molar-refractivity contribution in [1.29, 1.82) is 0 Å². The average molecular weight is 421 g/mol. The van der Waals surface area contributed by atoms with Crippen molar-refractivity contribution in [2.45, 2.75) is 18.9 Å². The van der Waals surface area contributed by atoms with Crippen molar-refractivity contribution in [2.24, 2.45) is 5.73 Å². The fourth-order valence-corrected chi connectivity index (χ4v) is 4.33. The maximum atomic E-state index is 11.3. The number of thiazole rings is 1. The van der Waals surface area contributed by atoms with E-state index in [4.69, 9.17) is 10.5 Å². The van der Waals surface area contributed by atoms with Gasteiger partial charge in [-0.3, -0.25) is 0 Å². The van der Waals surface area contributed by atoms with Crippen LogP contribution in [0.15, 0.2) is 42.9 Å². The highest BCUT2D eigenvalue weighted by molar-refractivity contribution is 7.21. The number of carbonyl (C=O) groups excluding carboxylic acids is 1. The minimum atomic E-state index is -0.378. The molecule has 0 radical (unpaired) electrons. The van der Waals surface area contributed by atoms with Gasteiger partial charge in [-0.15, -0.1) is 0 Å². The van der Waals surface area contributed by atoms with Crippen molar-refractivity contribution >= 4 is 49.6 Å². The number of urea groups is 1. The number of nitrogens with two attached hydrogens (primary N) is 1. The van der Waals surface area contributed by atoms with Gasteiger partial charge in [-0.25, -0.2) is 24.7 Å². The molecule has 1 aliphatic rings. The first-order valence-electron chi connectivity index (χ1n) is 9.60. The second-order valence-corrected chi connectivity index (χ2v) is 7.99. The lowest BCUT2D eigenvalue weighted by atomic mass is 10.1. The van der Waals surface area contributed by atoms with Gasteiger partial charge in [0, 0.05) is 37.5 Å². The number of nitrogens with zero attached hydrogens (tertiary/aromatic N) is 5. The first-order valence-corrected chi connectivity index (χ1v) is 10.4. The highest BCUT2D eigenvalue weighted by Crippen LogP contribution is 2.31. The molecule has 1 saturated heterocycles. The number of likely N-dealkylation sites (tertiary alicyclic amines) is 1. The molecule has 30 heavy (non-hydrogen) atoms. The van der Waals surface area contributed by atoms with Crippen LogP contribution in [0.25, 0.3) is 21.3 Å². The number of nitrogens with one attached hydrogen (secondary N) is 1. The molecule has 1 aliphatic heterocycles. The number of anilines is 2. The number of hydrogen-bond donors (Lipinski definition) is 2. The second kappa shape index (κ2) is 7.71. The normalized spacial score (nSPS) is 14.9. The molecule has 4 aromatic rings. The molecule has 0 spiro atoms. The Hall–Kier alpha value is -3.53. The van der Waals surface area contributed by atoms with Crippen LogP contribution >= 0.6 is 11.3 Å². The van der Waals surface area contributed by atoms with Gasteiger partial charge in [0.25, 0.3) is 0 Å². The minimum Gasteiger partial charge on any atom is -0.490 e. The Labute approximate surface area is 175 Å². The van der Waals surface area contributed by atoms with Crippen molar-refractivity contribution in [2.75, 3.05) is 18.4 Å². The third-order valence-corrected chi connectivity index (χ3v) is 5.95. The van der Waals surface area contributed by atoms with Crippen molar-refractivity contribution in [3.8, 4) is 5.75 Å². The Morgan fingerprint density at radius 3 is 2.83 bits per heavy atom. The lowest BCUT2D eigenvalue weighted by Gasteiger charge is -2.31. The molecular weight excluding hydrogens is 402 g/mol. The fraction of sp³-hybridized carbons (Fsp3) is 0.250. The maximum absolute atomic E-state index is 11.3. The van der Waals surface area contributed by atoms with E-state index >= 15 is 0 Å². The topological polar surface area (TPSA) is 119 Å². The molecule has 0 saturated carbocycles. The summed E-state index contributed by atoms with van der Waals surface area (Å²) in [4.78, 5) is 31.4. The predicted molar refractivity (Wildman–Crippen MR) is 115 cm³/mol. The zero-order valence-corrected chi connectivity index (χ0v) is 16.8. The third-order valence-electron chi connectivity index (χ3n) is 5.05. The van der Waals surface area contributed by atoms with Crippen molar-refractivity contribution in [3.05, 3.63) is 42.9 Å². The number of amides is 2. The van der Waals surface area contributed by atoms with Crippen LogP contribution in [0, 0.1) is 0 Å². The number of benzene rings is 1. The number of carbonyl (C=O) groups is 1. The van der Waals surface area contributed by atoms with Crippen molar-refractivity contribution in [3.63, 3.8) is 0 Å². The zero-order chi connectivity index (χ0) is 20.5. The summed E-state index contributed by atoms with van der Waals surface area (Å²) in [6.45, 7) is 1.21. The Balaban J connectivity index is 1.38. The van der Waals surface area contributed by atoms with E-state index in [0.29, 0.717) is 24.0 Å². The summed E-state index contributed by atoms with van der Waals surface area (Å²) in [5, 5.41) is 4.85. The molecule has 3 aromatic heterocycles. The quantitative estimate of drug-likeness (QED) is 0.519.